The Kier molecular flexibility index (Phi) is 17.0. The van der Waals surface area contributed by atoms with Gasteiger partial charge < -0.3 is 0 Å². The first-order valence-electron chi connectivity index (χ1n) is 25.8. The van der Waals surface area contributed by atoms with E-state index < -0.39 is 20.8 Å². The number of fused-ring (bicyclic) bond motifs is 5. The Morgan fingerprint density at radius 3 is 1.16 bits per heavy atom. The zero-order valence-corrected chi connectivity index (χ0v) is 50.3. The van der Waals surface area contributed by atoms with Crippen molar-refractivity contribution in [1.29, 1.82) is 0 Å². The van der Waals surface area contributed by atoms with Crippen LogP contribution in [0.5, 0.6) is 0 Å². The average Bonchev–Trinajstić information content (AvgIpc) is 4.13. The predicted octanol–water partition coefficient (Wildman–Crippen LogP) is 19.5. The topological polar surface area (TPSA) is 0 Å². The maximum atomic E-state index is 4.93. The van der Waals surface area contributed by atoms with Crippen LogP contribution < -0.4 is 10.4 Å². The SMILES string of the molecule is CC(C)(C)c1cc2c(-c3ccccc3-c3ccccc3)c(C(C)(C)C)ccc2[cH-]1.CC(C)(C)c1cc2c(-c3ccccc3-c3ccccc3)c(C(C)(C)C)ccc2[cH-]1.[Cl][Zr][Cl].[c-]1cccc2c1[Si]c1ccccc1-2. The fourth-order valence-corrected chi connectivity index (χ4v) is 11.4. The zero-order chi connectivity index (χ0) is 53.0. The summed E-state index contributed by atoms with van der Waals surface area (Å²) < 4.78 is 0. The molecular weight excluding hydrogens is 1030 g/mol. The van der Waals surface area contributed by atoms with Crippen molar-refractivity contribution < 1.29 is 20.8 Å². The van der Waals surface area contributed by atoms with E-state index in [1.54, 1.807) is 0 Å². The van der Waals surface area contributed by atoms with Gasteiger partial charge in [-0.15, -0.1) is 74.6 Å². The summed E-state index contributed by atoms with van der Waals surface area (Å²) in [4.78, 5) is 0. The maximum absolute atomic E-state index is 4.93. The molecule has 0 bridgehead atoms. The average molecular weight is 1100 g/mol. The maximum Gasteiger partial charge on any atom is 0.0920 e. The van der Waals surface area contributed by atoms with Gasteiger partial charge in [0.1, 0.15) is 0 Å². The molecule has 1 heterocycles. The minimum atomic E-state index is -0.826. The Morgan fingerprint density at radius 1 is 0.392 bits per heavy atom. The summed E-state index contributed by atoms with van der Waals surface area (Å²) >= 11 is -0.826. The van der Waals surface area contributed by atoms with Gasteiger partial charge in [0.25, 0.3) is 0 Å². The Bertz CT molecular complexity index is 3260. The second-order valence-corrected chi connectivity index (χ2v) is 28.5. The molecular formula is C70H69Cl2SiZr-3. The molecule has 0 saturated heterocycles. The van der Waals surface area contributed by atoms with Crippen molar-refractivity contribution in [2.45, 2.75) is 105 Å². The molecule has 0 aromatic heterocycles. The molecule has 0 fully saturated rings. The summed E-state index contributed by atoms with van der Waals surface area (Å²) in [6, 6.07) is 76.2. The molecule has 1 aliphatic heterocycles. The molecule has 11 rings (SSSR count). The zero-order valence-electron chi connectivity index (χ0n) is 45.3. The van der Waals surface area contributed by atoms with Crippen molar-refractivity contribution in [3.05, 3.63) is 229 Å². The number of halogens is 2. The molecule has 1 aliphatic rings. The molecule has 10 aromatic rings. The quantitative estimate of drug-likeness (QED) is 0.122. The van der Waals surface area contributed by atoms with Crippen LogP contribution in [0.1, 0.15) is 105 Å². The van der Waals surface area contributed by atoms with Crippen LogP contribution >= 0.6 is 17.0 Å². The summed E-state index contributed by atoms with van der Waals surface area (Å²) in [5.74, 6) is 0. The second kappa shape index (κ2) is 22.9. The van der Waals surface area contributed by atoms with E-state index in [9.17, 15) is 0 Å². The van der Waals surface area contributed by atoms with Gasteiger partial charge in [0.05, 0.1) is 9.52 Å². The normalized spacial score (nSPS) is 12.1. The summed E-state index contributed by atoms with van der Waals surface area (Å²) in [5, 5.41) is 8.22. The number of hydrogen-bond donors (Lipinski definition) is 0. The molecule has 374 valence electrons. The summed E-state index contributed by atoms with van der Waals surface area (Å²) in [7, 11) is 10.7. The van der Waals surface area contributed by atoms with Gasteiger partial charge >= 0.3 is 37.9 Å². The van der Waals surface area contributed by atoms with Gasteiger partial charge in [-0.05, 0) is 55.0 Å². The van der Waals surface area contributed by atoms with Crippen LogP contribution in [0.25, 0.3) is 77.2 Å². The fourth-order valence-electron chi connectivity index (χ4n) is 10.1. The molecule has 2 radical (unpaired) electrons. The first-order chi connectivity index (χ1) is 35.2. The monoisotopic (exact) mass is 1100 g/mol. The largest absolute Gasteiger partial charge is 0.184 e. The minimum Gasteiger partial charge on any atom is -0.184 e. The van der Waals surface area contributed by atoms with Crippen LogP contribution in [0.2, 0.25) is 0 Å². The van der Waals surface area contributed by atoms with Crippen LogP contribution in [-0.4, -0.2) is 9.52 Å². The van der Waals surface area contributed by atoms with Crippen molar-refractivity contribution >= 4 is 58.5 Å². The third-order valence-electron chi connectivity index (χ3n) is 14.0. The third-order valence-corrected chi connectivity index (χ3v) is 15.4. The molecule has 10 aromatic carbocycles. The van der Waals surface area contributed by atoms with Crippen LogP contribution in [0.15, 0.2) is 200 Å². The minimum absolute atomic E-state index is 0.0620. The number of benzene rings is 8. The Morgan fingerprint density at radius 2 is 0.757 bits per heavy atom. The van der Waals surface area contributed by atoms with E-state index in [2.05, 4.69) is 283 Å². The van der Waals surface area contributed by atoms with E-state index in [0.717, 1.165) is 9.52 Å². The van der Waals surface area contributed by atoms with E-state index in [1.807, 2.05) is 6.07 Å². The smallest absolute Gasteiger partial charge is 0.0920 e. The van der Waals surface area contributed by atoms with Crippen LogP contribution in [-0.2, 0) is 42.5 Å². The van der Waals surface area contributed by atoms with E-state index in [4.69, 9.17) is 17.0 Å². The molecule has 0 unspecified atom stereocenters. The molecule has 0 saturated carbocycles. The first-order valence-corrected chi connectivity index (χ1v) is 33.1. The Labute approximate surface area is 464 Å². The van der Waals surface area contributed by atoms with Crippen LogP contribution in [0.3, 0.4) is 0 Å². The van der Waals surface area contributed by atoms with E-state index in [0.29, 0.717) is 0 Å². The Balaban J connectivity index is 0.000000153. The van der Waals surface area contributed by atoms with Gasteiger partial charge in [0.2, 0.25) is 0 Å². The number of rotatable bonds is 4. The third kappa shape index (κ3) is 12.3. The van der Waals surface area contributed by atoms with Crippen molar-refractivity contribution in [3.63, 3.8) is 0 Å². The van der Waals surface area contributed by atoms with Gasteiger partial charge in [-0.25, -0.2) is 0 Å². The standard InChI is InChI=1S/2C29H31.C12H7Si.2ClH.Zr/c2*1-28(2,3)22-18-21-16-17-26(29(4,5)6)27(25(21)19-22)24-15-11-10-14-23(24)20-12-8-7-9-13-20;1-3-7-11-9(5-1)10-6-2-4-8-12(10)13-11;;;/h2*7-19H,1-6H3;1-7H;2*1H;/q3*-1;;;+2/p-2. The van der Waals surface area contributed by atoms with Gasteiger partial charge in [-0.1, -0.05) is 250 Å². The van der Waals surface area contributed by atoms with Crippen molar-refractivity contribution in [3.8, 4) is 55.6 Å². The van der Waals surface area contributed by atoms with Crippen LogP contribution in [0.4, 0.5) is 0 Å². The first kappa shape index (κ1) is 54.9. The van der Waals surface area contributed by atoms with E-state index in [1.165, 1.54) is 110 Å². The van der Waals surface area contributed by atoms with E-state index >= 15 is 0 Å². The molecule has 0 atom stereocenters. The van der Waals surface area contributed by atoms with Crippen LogP contribution in [0, 0.1) is 6.07 Å². The number of hydrogen-bond acceptors (Lipinski definition) is 0. The predicted molar refractivity (Wildman–Crippen MR) is 323 cm³/mol. The van der Waals surface area contributed by atoms with Gasteiger partial charge in [0, 0.05) is 0 Å². The molecule has 0 aliphatic carbocycles. The molecule has 0 N–H and O–H groups in total. The summed E-state index contributed by atoms with van der Waals surface area (Å²) in [6.45, 7) is 27.7. The van der Waals surface area contributed by atoms with Gasteiger partial charge in [0.15, 0.2) is 0 Å². The molecule has 0 spiro atoms. The van der Waals surface area contributed by atoms with Gasteiger partial charge in [-0.2, -0.15) is 41.6 Å². The van der Waals surface area contributed by atoms with Gasteiger partial charge in [-0.3, -0.25) is 0 Å². The van der Waals surface area contributed by atoms with E-state index in [-0.39, 0.29) is 21.7 Å². The molecule has 4 heteroatoms. The summed E-state index contributed by atoms with van der Waals surface area (Å²) in [5.41, 5.74) is 19.3. The summed E-state index contributed by atoms with van der Waals surface area (Å²) in [6.07, 6.45) is 0. The molecule has 74 heavy (non-hydrogen) atoms. The Hall–Kier alpha value is -5.34. The van der Waals surface area contributed by atoms with Crippen molar-refractivity contribution in [2.24, 2.45) is 0 Å². The molecule has 0 nitrogen and oxygen atoms in total. The second-order valence-electron chi connectivity index (χ2n) is 23.5. The van der Waals surface area contributed by atoms with Crippen molar-refractivity contribution in [1.82, 2.24) is 0 Å². The van der Waals surface area contributed by atoms with Crippen molar-refractivity contribution in [2.75, 3.05) is 0 Å². The molecule has 0 amide bonds. The fraction of sp³-hybridized carbons (Fsp3) is 0.229.